The number of aryl methyl sites for hydroxylation is 1. The highest BCUT2D eigenvalue weighted by Gasteiger charge is 2.16. The second-order valence-corrected chi connectivity index (χ2v) is 4.72. The molecule has 0 amide bonds. The minimum absolute atomic E-state index is 0.0938. The van der Waals surface area contributed by atoms with Gasteiger partial charge in [0.1, 0.15) is 11.1 Å². The number of rotatable bonds is 5. The summed E-state index contributed by atoms with van der Waals surface area (Å²) >= 11 is 1.74. The van der Waals surface area contributed by atoms with Crippen molar-refractivity contribution in [2.45, 2.75) is 39.8 Å². The van der Waals surface area contributed by atoms with E-state index in [0.29, 0.717) is 6.04 Å². The molecule has 1 N–H and O–H groups in total. The van der Waals surface area contributed by atoms with Crippen LogP contribution in [0.3, 0.4) is 0 Å². The van der Waals surface area contributed by atoms with Gasteiger partial charge in [0.05, 0.1) is 5.69 Å². The summed E-state index contributed by atoms with van der Waals surface area (Å²) in [6, 6.07) is 0.380. The largest absolute Gasteiger partial charge is 0.375 e. The number of thiazole rings is 1. The van der Waals surface area contributed by atoms with Crippen LogP contribution >= 0.6 is 11.3 Å². The lowest BCUT2D eigenvalue weighted by Gasteiger charge is -2.10. The van der Waals surface area contributed by atoms with Gasteiger partial charge in [0.25, 0.3) is 0 Å². The van der Waals surface area contributed by atoms with Gasteiger partial charge in [0, 0.05) is 18.0 Å². The number of hydrogen-bond donors (Lipinski definition) is 1. The van der Waals surface area contributed by atoms with Crippen molar-refractivity contribution in [2.24, 2.45) is 0 Å². The molecule has 86 valence electrons. The summed E-state index contributed by atoms with van der Waals surface area (Å²) in [4.78, 5) is 5.85. The van der Waals surface area contributed by atoms with Crippen molar-refractivity contribution < 1.29 is 4.74 Å². The van der Waals surface area contributed by atoms with E-state index < -0.39 is 0 Å². The van der Waals surface area contributed by atoms with Crippen molar-refractivity contribution in [3.8, 4) is 0 Å². The zero-order valence-corrected chi connectivity index (χ0v) is 10.9. The van der Waals surface area contributed by atoms with E-state index in [4.69, 9.17) is 4.74 Å². The standard InChI is InChI=1S/C11H20N2OS/c1-6-12-7(2)10-8(3)13-11(15-10)9(4)14-5/h7,9,12H,6H2,1-5H3. The Labute approximate surface area is 95.9 Å². The molecule has 0 aliphatic heterocycles. The van der Waals surface area contributed by atoms with Gasteiger partial charge in [-0.1, -0.05) is 6.92 Å². The number of nitrogens with one attached hydrogen (secondary N) is 1. The third kappa shape index (κ3) is 3.00. The SMILES string of the molecule is CCNC(C)c1sc(C(C)OC)nc1C. The van der Waals surface area contributed by atoms with Crippen LogP contribution in [0.5, 0.6) is 0 Å². The molecular formula is C11H20N2OS. The number of ether oxygens (including phenoxy) is 1. The Morgan fingerprint density at radius 2 is 2.13 bits per heavy atom. The Morgan fingerprint density at radius 1 is 1.47 bits per heavy atom. The van der Waals surface area contributed by atoms with Gasteiger partial charge in [-0.3, -0.25) is 0 Å². The summed E-state index contributed by atoms with van der Waals surface area (Å²) in [5.74, 6) is 0. The highest BCUT2D eigenvalue weighted by Crippen LogP contribution is 2.29. The molecule has 0 bridgehead atoms. The van der Waals surface area contributed by atoms with Crippen LogP contribution in [0.1, 0.15) is 48.5 Å². The van der Waals surface area contributed by atoms with Crippen LogP contribution in [0.2, 0.25) is 0 Å². The second kappa shape index (κ2) is 5.58. The number of hydrogen-bond acceptors (Lipinski definition) is 4. The quantitative estimate of drug-likeness (QED) is 0.841. The molecule has 0 fully saturated rings. The van der Waals surface area contributed by atoms with E-state index in [0.717, 1.165) is 17.2 Å². The van der Waals surface area contributed by atoms with Gasteiger partial charge in [-0.2, -0.15) is 0 Å². The molecule has 15 heavy (non-hydrogen) atoms. The predicted octanol–water partition coefficient (Wildman–Crippen LogP) is 2.83. The fourth-order valence-corrected chi connectivity index (χ4v) is 2.63. The number of aromatic nitrogens is 1. The summed E-state index contributed by atoms with van der Waals surface area (Å²) in [5.41, 5.74) is 1.12. The topological polar surface area (TPSA) is 34.1 Å². The first-order chi connectivity index (χ1) is 7.10. The third-order valence-electron chi connectivity index (χ3n) is 2.45. The van der Waals surface area contributed by atoms with Gasteiger partial charge in [-0.05, 0) is 27.3 Å². The molecule has 0 aliphatic carbocycles. The van der Waals surface area contributed by atoms with E-state index in [-0.39, 0.29) is 6.10 Å². The number of methoxy groups -OCH3 is 1. The van der Waals surface area contributed by atoms with E-state index >= 15 is 0 Å². The average Bonchev–Trinajstić information content (AvgIpc) is 2.59. The normalized spacial score (nSPS) is 15.3. The highest BCUT2D eigenvalue weighted by atomic mass is 32.1. The lowest BCUT2D eigenvalue weighted by atomic mass is 10.2. The molecule has 2 atom stereocenters. The van der Waals surface area contributed by atoms with Crippen LogP contribution in [0.15, 0.2) is 0 Å². The molecule has 0 aliphatic rings. The molecule has 0 aromatic carbocycles. The van der Waals surface area contributed by atoms with E-state index in [1.807, 2.05) is 6.92 Å². The average molecular weight is 228 g/mol. The van der Waals surface area contributed by atoms with Gasteiger partial charge in [0.15, 0.2) is 0 Å². The summed E-state index contributed by atoms with van der Waals surface area (Å²) in [6.07, 6.45) is 0.0938. The van der Waals surface area contributed by atoms with Gasteiger partial charge in [-0.25, -0.2) is 4.98 Å². The summed E-state index contributed by atoms with van der Waals surface area (Å²) in [6.45, 7) is 9.36. The second-order valence-electron chi connectivity index (χ2n) is 3.66. The number of nitrogens with zero attached hydrogens (tertiary/aromatic N) is 1. The monoisotopic (exact) mass is 228 g/mol. The maximum atomic E-state index is 5.27. The van der Waals surface area contributed by atoms with Crippen molar-refractivity contribution in [2.75, 3.05) is 13.7 Å². The molecule has 1 aromatic rings. The summed E-state index contributed by atoms with van der Waals surface area (Å²) in [5, 5.41) is 4.47. The lowest BCUT2D eigenvalue weighted by Crippen LogP contribution is -2.17. The molecule has 1 rings (SSSR count). The first-order valence-electron chi connectivity index (χ1n) is 5.33. The van der Waals surface area contributed by atoms with Crippen LogP contribution in [-0.4, -0.2) is 18.6 Å². The fraction of sp³-hybridized carbons (Fsp3) is 0.727. The summed E-state index contributed by atoms with van der Waals surface area (Å²) in [7, 11) is 1.72. The van der Waals surface area contributed by atoms with Crippen LogP contribution in [-0.2, 0) is 4.74 Å². The molecule has 3 nitrogen and oxygen atoms in total. The molecule has 0 radical (unpaired) electrons. The Morgan fingerprint density at radius 3 is 2.67 bits per heavy atom. The maximum Gasteiger partial charge on any atom is 0.122 e. The van der Waals surface area contributed by atoms with Crippen LogP contribution in [0, 0.1) is 6.92 Å². The first kappa shape index (κ1) is 12.6. The van der Waals surface area contributed by atoms with Crippen LogP contribution < -0.4 is 5.32 Å². The molecule has 4 heteroatoms. The van der Waals surface area contributed by atoms with Gasteiger partial charge >= 0.3 is 0 Å². The zero-order chi connectivity index (χ0) is 11.4. The van der Waals surface area contributed by atoms with Gasteiger partial charge < -0.3 is 10.1 Å². The highest BCUT2D eigenvalue weighted by molar-refractivity contribution is 7.11. The maximum absolute atomic E-state index is 5.27. The molecule has 0 spiro atoms. The Balaban J connectivity index is 2.85. The zero-order valence-electron chi connectivity index (χ0n) is 10.1. The van der Waals surface area contributed by atoms with Gasteiger partial charge in [-0.15, -0.1) is 11.3 Å². The van der Waals surface area contributed by atoms with Gasteiger partial charge in [0.2, 0.25) is 0 Å². The Bertz CT molecular complexity index is 312. The minimum atomic E-state index is 0.0938. The fourth-order valence-electron chi connectivity index (χ4n) is 1.51. The Kier molecular flexibility index (Phi) is 4.70. The van der Waals surface area contributed by atoms with Crippen molar-refractivity contribution in [3.63, 3.8) is 0 Å². The molecule has 1 aromatic heterocycles. The molecule has 2 unspecified atom stereocenters. The molecule has 0 saturated heterocycles. The van der Waals surface area contributed by atoms with Crippen molar-refractivity contribution in [3.05, 3.63) is 15.6 Å². The van der Waals surface area contributed by atoms with E-state index in [9.17, 15) is 0 Å². The third-order valence-corrected chi connectivity index (χ3v) is 3.96. The van der Waals surface area contributed by atoms with Crippen molar-refractivity contribution in [1.29, 1.82) is 0 Å². The van der Waals surface area contributed by atoms with Crippen LogP contribution in [0.4, 0.5) is 0 Å². The Hall–Kier alpha value is -0.450. The molecule has 0 saturated carbocycles. The molecular weight excluding hydrogens is 208 g/mol. The van der Waals surface area contributed by atoms with Crippen molar-refractivity contribution >= 4 is 11.3 Å². The smallest absolute Gasteiger partial charge is 0.122 e. The molecule has 1 heterocycles. The predicted molar refractivity (Wildman–Crippen MR) is 64.4 cm³/mol. The minimum Gasteiger partial charge on any atom is -0.375 e. The van der Waals surface area contributed by atoms with E-state index in [1.165, 1.54) is 4.88 Å². The van der Waals surface area contributed by atoms with E-state index in [1.54, 1.807) is 18.4 Å². The van der Waals surface area contributed by atoms with Crippen LogP contribution in [0.25, 0.3) is 0 Å². The lowest BCUT2D eigenvalue weighted by molar-refractivity contribution is 0.119. The van der Waals surface area contributed by atoms with Crippen molar-refractivity contribution in [1.82, 2.24) is 10.3 Å². The summed E-state index contributed by atoms with van der Waals surface area (Å²) < 4.78 is 5.27. The van der Waals surface area contributed by atoms with E-state index in [2.05, 4.69) is 31.1 Å². The first-order valence-corrected chi connectivity index (χ1v) is 6.15.